The third-order valence-electron chi connectivity index (χ3n) is 16.1. The van der Waals surface area contributed by atoms with Crippen LogP contribution in [0.1, 0.15) is 145 Å². The molecule has 4 fully saturated rings. The van der Waals surface area contributed by atoms with Crippen molar-refractivity contribution in [2.75, 3.05) is 0 Å². The number of aliphatic carboxylic acids is 1. The quantitative estimate of drug-likeness (QED) is 0.173. The minimum absolute atomic E-state index is 0. The molecule has 4 saturated heterocycles. The molecule has 1 aromatic carbocycles. The average molecular weight is 876 g/mol. The Hall–Kier alpha value is -1.22. The normalized spacial score (nSPS) is 41.0. The molecule has 0 amide bonds. The molecule has 0 radical (unpaired) electrons. The minimum Gasteiger partial charge on any atom is -0.550 e. The topological polar surface area (TPSA) is 156 Å². The first kappa shape index (κ1) is 51.8. The third kappa shape index (κ3) is 10.3. The van der Waals surface area contributed by atoms with Crippen LogP contribution >= 0.6 is 0 Å². The molecule has 5 aliphatic rings. The number of aryl methyl sites for hydroxylation is 1. The molecule has 0 aliphatic carbocycles. The fraction of sp³-hybridized carbons (Fsp3) is 0.800. The van der Waals surface area contributed by atoms with Crippen molar-refractivity contribution in [2.45, 2.75) is 212 Å². The monoisotopic (exact) mass is 876 g/mol. The summed E-state index contributed by atoms with van der Waals surface area (Å²) in [5, 5.41) is 38.8. The van der Waals surface area contributed by atoms with E-state index in [1.807, 2.05) is 40.7 Å². The van der Waals surface area contributed by atoms with Gasteiger partial charge in [-0.3, -0.25) is 4.79 Å². The number of ether oxygens (including phenoxy) is 5. The largest absolute Gasteiger partial charge is 1.00 e. The summed E-state index contributed by atoms with van der Waals surface area (Å²) in [7, 11) is 0. The van der Waals surface area contributed by atoms with E-state index in [2.05, 4.69) is 70.3 Å². The fourth-order valence-corrected chi connectivity index (χ4v) is 11.7. The fourth-order valence-electron chi connectivity index (χ4n) is 11.7. The van der Waals surface area contributed by atoms with Crippen LogP contribution in [0.4, 0.5) is 0 Å². The summed E-state index contributed by atoms with van der Waals surface area (Å²) in [4.78, 5) is 26.6. The average Bonchev–Trinajstić information content (AvgIpc) is 3.57. The van der Waals surface area contributed by atoms with Crippen LogP contribution in [0.3, 0.4) is 0 Å². The number of Topliss-reactive ketones (excluding diaryl/α,β-unsaturated/α-hetero) is 1. The Kier molecular flexibility index (Phi) is 17.3. The number of nitrogens with one attached hydrogen (secondary N) is 1. The number of carbonyl (C=O) groups excluding carboxylic acids is 2. The summed E-state index contributed by atoms with van der Waals surface area (Å²) in [6, 6.07) is 8.18. The molecule has 3 N–H and O–H groups in total. The first-order valence-electron chi connectivity index (χ1n) is 23.8. The van der Waals surface area contributed by atoms with Gasteiger partial charge in [0.1, 0.15) is 5.78 Å². The second-order valence-corrected chi connectivity index (χ2v) is 20.3. The van der Waals surface area contributed by atoms with Crippen molar-refractivity contribution in [3.63, 3.8) is 0 Å². The van der Waals surface area contributed by atoms with E-state index in [4.69, 9.17) is 23.7 Å². The molecule has 62 heavy (non-hydrogen) atoms. The van der Waals surface area contributed by atoms with E-state index >= 15 is 0 Å². The molecule has 0 aromatic heterocycles. The van der Waals surface area contributed by atoms with E-state index < -0.39 is 76.8 Å². The number of ketones is 1. The van der Waals surface area contributed by atoms with Crippen LogP contribution in [-0.4, -0.2) is 87.4 Å². The maximum Gasteiger partial charge on any atom is 1.00 e. The number of carbonyl (C=O) groups is 2. The van der Waals surface area contributed by atoms with Gasteiger partial charge in [-0.1, -0.05) is 91.3 Å². The Bertz CT molecular complexity index is 1700. The second-order valence-electron chi connectivity index (χ2n) is 20.3. The molecule has 344 valence electrons. The maximum absolute atomic E-state index is 14.7. The van der Waals surface area contributed by atoms with E-state index in [1.54, 1.807) is 6.92 Å². The smallest absolute Gasteiger partial charge is 0.550 e. The van der Waals surface area contributed by atoms with Crippen LogP contribution in [0.2, 0.25) is 0 Å². The summed E-state index contributed by atoms with van der Waals surface area (Å²) in [6.45, 7) is 22.7. The van der Waals surface area contributed by atoms with Crippen molar-refractivity contribution in [3.05, 3.63) is 47.5 Å². The van der Waals surface area contributed by atoms with Crippen molar-refractivity contribution < 1.29 is 78.2 Å². The number of aliphatic hydroxyl groups is 2. The molecular weight excluding hydrogens is 798 g/mol. The molecule has 1 aromatic rings. The number of rotatable bonds is 15. The standard InChI is InChI=1S/C50H79NO10.Na/c1-12-37(46(54)55)39-20-17-30(5)44(58-39)34(9)42(52)33(8)43(53)38(13-2)45-31(6)27-32(7)49(59-45)24-21-40(51-28-36-18-15-29(4)16-19-36)50(61-49)26-25-47(11,60-50)41-22-23-48(56,14-3)35(10)57-41;/h15-16,18-19,21,24,30-35,37-42,44-45,51-52,56H,12-14,17,20,22-23,25-28H2,1-11H3,(H,54,55);/q;+1/p-1/t30-,31-,32+,33-,34-,35-,37+,38-,39+,40-,41+,42+,44+,45-,47-,48+,49-,50-;/m0./s1. The number of carboxylic acid groups (broad SMARTS) is 1. The zero-order valence-corrected chi connectivity index (χ0v) is 42.0. The molecule has 12 heteroatoms. The van der Waals surface area contributed by atoms with Crippen molar-refractivity contribution in [3.8, 4) is 0 Å². The summed E-state index contributed by atoms with van der Waals surface area (Å²) in [6.07, 6.45) is 7.55. The van der Waals surface area contributed by atoms with E-state index in [1.165, 1.54) is 5.56 Å². The van der Waals surface area contributed by atoms with E-state index in [9.17, 15) is 24.9 Å². The van der Waals surface area contributed by atoms with Gasteiger partial charge < -0.3 is 49.1 Å². The number of aliphatic hydroxyl groups excluding tert-OH is 1. The zero-order chi connectivity index (χ0) is 44.7. The molecule has 6 rings (SSSR count). The molecular formula is C50H78NNaO10. The van der Waals surface area contributed by atoms with Gasteiger partial charge in [0.15, 0.2) is 11.6 Å². The number of hydrogen-bond donors (Lipinski definition) is 3. The minimum atomic E-state index is -1.17. The van der Waals surface area contributed by atoms with Crippen LogP contribution in [0.15, 0.2) is 36.4 Å². The first-order valence-corrected chi connectivity index (χ1v) is 23.8. The van der Waals surface area contributed by atoms with Crippen LogP contribution in [0, 0.1) is 48.3 Å². The van der Waals surface area contributed by atoms with Crippen LogP contribution in [-0.2, 0) is 39.8 Å². The Labute approximate surface area is 394 Å². The van der Waals surface area contributed by atoms with Crippen LogP contribution < -0.4 is 40.0 Å². The molecule has 0 saturated carbocycles. The Morgan fingerprint density at radius 2 is 1.58 bits per heavy atom. The van der Waals surface area contributed by atoms with Gasteiger partial charge in [0.25, 0.3) is 0 Å². The molecule has 5 aliphatic heterocycles. The van der Waals surface area contributed by atoms with E-state index in [-0.39, 0.29) is 71.3 Å². The molecule has 0 bridgehead atoms. The second kappa shape index (κ2) is 20.7. The SMILES string of the molecule is CC[C@@H](C(=O)[C@@H](C)[C@@H](O)[C@H](C)[C@@H]1O[C@@H]([C@@H](CC)C(=O)[O-])CC[C@@H]1C)[C@H]1O[C@]2(C=C[C@H](NCc3ccc(C)cc3)[C@]3(CC[C@@](C)([C@H]4CC[C@](O)(CC)[C@H](C)O4)O3)O2)[C@H](C)C[C@@H]1C.[Na+]. The summed E-state index contributed by atoms with van der Waals surface area (Å²) < 4.78 is 34.9. The number of hydrogen-bond acceptors (Lipinski definition) is 11. The number of carboxylic acids is 1. The van der Waals surface area contributed by atoms with Gasteiger partial charge >= 0.3 is 29.6 Å². The van der Waals surface area contributed by atoms with Gasteiger partial charge in [0, 0.05) is 48.5 Å². The van der Waals surface area contributed by atoms with Gasteiger partial charge in [-0.15, -0.1) is 0 Å². The Morgan fingerprint density at radius 3 is 2.19 bits per heavy atom. The Balaban J connectivity index is 0.00000726. The summed E-state index contributed by atoms with van der Waals surface area (Å²) in [5.74, 6) is -5.72. The van der Waals surface area contributed by atoms with Gasteiger partial charge in [0.2, 0.25) is 0 Å². The van der Waals surface area contributed by atoms with Crippen molar-refractivity contribution in [1.29, 1.82) is 0 Å². The predicted molar refractivity (Wildman–Crippen MR) is 232 cm³/mol. The molecule has 5 heterocycles. The van der Waals surface area contributed by atoms with Crippen LogP contribution in [0.25, 0.3) is 0 Å². The summed E-state index contributed by atoms with van der Waals surface area (Å²) in [5.41, 5.74) is 0.799. The summed E-state index contributed by atoms with van der Waals surface area (Å²) >= 11 is 0. The molecule has 18 atom stereocenters. The third-order valence-corrected chi connectivity index (χ3v) is 16.1. The van der Waals surface area contributed by atoms with Gasteiger partial charge in [-0.25, -0.2) is 0 Å². The van der Waals surface area contributed by atoms with Crippen LogP contribution in [0.5, 0.6) is 0 Å². The van der Waals surface area contributed by atoms with Crippen molar-refractivity contribution in [1.82, 2.24) is 5.32 Å². The van der Waals surface area contributed by atoms with Crippen molar-refractivity contribution in [2.24, 2.45) is 41.4 Å². The predicted octanol–water partition coefficient (Wildman–Crippen LogP) is 3.96. The van der Waals surface area contributed by atoms with Crippen molar-refractivity contribution >= 4 is 11.8 Å². The van der Waals surface area contributed by atoms with Gasteiger partial charge in [-0.05, 0) is 102 Å². The molecule has 0 unspecified atom stereocenters. The molecule has 2 spiro atoms. The Morgan fingerprint density at radius 1 is 0.903 bits per heavy atom. The van der Waals surface area contributed by atoms with Gasteiger partial charge in [-0.2, -0.15) is 0 Å². The van der Waals surface area contributed by atoms with E-state index in [0.29, 0.717) is 57.9 Å². The molecule has 11 nitrogen and oxygen atoms in total. The zero-order valence-electron chi connectivity index (χ0n) is 40.0. The first-order chi connectivity index (χ1) is 28.8. The van der Waals surface area contributed by atoms with E-state index in [0.717, 1.165) is 18.4 Å². The maximum atomic E-state index is 14.7. The number of benzene rings is 1. The van der Waals surface area contributed by atoms with Gasteiger partial charge in [0.05, 0.1) is 53.9 Å².